The molecule has 0 radical (unpaired) electrons. The van der Waals surface area contributed by atoms with Crippen LogP contribution in [0.5, 0.6) is 0 Å². The van der Waals surface area contributed by atoms with Gasteiger partial charge in [0.25, 0.3) is 0 Å². The van der Waals surface area contributed by atoms with Gasteiger partial charge in [-0.1, -0.05) is 85.9 Å². The second-order valence-electron chi connectivity index (χ2n) is 10.4. The van der Waals surface area contributed by atoms with Crippen molar-refractivity contribution >= 4 is 34.4 Å². The lowest BCUT2D eigenvalue weighted by Gasteiger charge is -2.22. The highest BCUT2D eigenvalue weighted by Gasteiger charge is 2.32. The van der Waals surface area contributed by atoms with E-state index in [1.54, 1.807) is 10.5 Å². The molecule has 4 aliphatic carbocycles. The Bertz CT molecular complexity index is 1500. The molecule has 1 aromatic carbocycles. The standard InChI is InChI=1S/C33H31NS/c1-22-18-19-23-13-9-16-29(27(23)20-22)34-28-15-7-6-14-26(28)32(24-10-3-2-4-11-24)33(34)31-21-25-12-5-8-17-30(25)35-31/h2-5,7-10,12-13,15-19,22,25,30H,6,11,14,20-21H2,1H3/b32-24-,33-31-. The lowest BCUT2D eigenvalue weighted by molar-refractivity contribution is 0.709. The molecule has 174 valence electrons. The van der Waals surface area contributed by atoms with Gasteiger partial charge in [-0.2, -0.15) is 0 Å². The number of fused-ring (bicyclic) bond motifs is 3. The molecule has 1 nitrogen and oxygen atoms in total. The molecule has 35 heavy (non-hydrogen) atoms. The van der Waals surface area contributed by atoms with Crippen LogP contribution in [0, 0.1) is 11.8 Å². The Balaban J connectivity index is 1.61. The number of aromatic nitrogens is 1. The van der Waals surface area contributed by atoms with Gasteiger partial charge in [-0.3, -0.25) is 0 Å². The topological polar surface area (TPSA) is 4.93 Å². The highest BCUT2D eigenvalue weighted by molar-refractivity contribution is 8.09. The molecular formula is C33H31NS. The first kappa shape index (κ1) is 21.3. The Labute approximate surface area is 212 Å². The lowest BCUT2D eigenvalue weighted by Crippen LogP contribution is -2.34. The summed E-state index contributed by atoms with van der Waals surface area (Å²) in [6.45, 7) is 2.34. The van der Waals surface area contributed by atoms with Crippen LogP contribution < -0.4 is 10.6 Å². The highest BCUT2D eigenvalue weighted by atomic mass is 32.2. The summed E-state index contributed by atoms with van der Waals surface area (Å²) < 4.78 is 2.66. The van der Waals surface area contributed by atoms with Gasteiger partial charge in [0.05, 0.1) is 11.0 Å². The molecule has 3 unspecified atom stereocenters. The van der Waals surface area contributed by atoms with E-state index in [4.69, 9.17) is 0 Å². The van der Waals surface area contributed by atoms with Crippen LogP contribution in [0.15, 0.2) is 79.0 Å². The van der Waals surface area contributed by atoms with E-state index >= 15 is 0 Å². The summed E-state index contributed by atoms with van der Waals surface area (Å²) in [4.78, 5) is 1.56. The Hall–Kier alpha value is -2.97. The molecule has 7 rings (SSSR count). The van der Waals surface area contributed by atoms with Crippen molar-refractivity contribution < 1.29 is 0 Å². The van der Waals surface area contributed by atoms with E-state index in [0.29, 0.717) is 17.1 Å². The van der Waals surface area contributed by atoms with Crippen LogP contribution in [-0.2, 0) is 12.8 Å². The van der Waals surface area contributed by atoms with Crippen LogP contribution in [0.25, 0.3) is 28.3 Å². The number of thioether (sulfide) groups is 1. The van der Waals surface area contributed by atoms with Crippen molar-refractivity contribution in [1.29, 1.82) is 0 Å². The van der Waals surface area contributed by atoms with Crippen LogP contribution in [-0.4, -0.2) is 9.82 Å². The monoisotopic (exact) mass is 473 g/mol. The molecule has 0 saturated carbocycles. The van der Waals surface area contributed by atoms with Crippen molar-refractivity contribution in [3.05, 3.63) is 112 Å². The zero-order valence-corrected chi connectivity index (χ0v) is 21.1. The maximum absolute atomic E-state index is 2.66. The number of rotatable bonds is 1. The maximum atomic E-state index is 2.66. The van der Waals surface area contributed by atoms with Gasteiger partial charge in [-0.25, -0.2) is 0 Å². The second kappa shape index (κ2) is 8.60. The van der Waals surface area contributed by atoms with Crippen molar-refractivity contribution in [1.82, 2.24) is 4.57 Å². The first-order valence-electron chi connectivity index (χ1n) is 13.1. The normalized spacial score (nSPS) is 28.9. The van der Waals surface area contributed by atoms with Crippen LogP contribution in [0.1, 0.15) is 48.6 Å². The fourth-order valence-electron chi connectivity index (χ4n) is 6.41. The molecule has 3 atom stereocenters. The van der Waals surface area contributed by atoms with Gasteiger partial charge < -0.3 is 4.57 Å². The zero-order valence-electron chi connectivity index (χ0n) is 20.3. The molecule has 1 aromatic heterocycles. The van der Waals surface area contributed by atoms with Crippen LogP contribution in [0.4, 0.5) is 0 Å². The van der Waals surface area contributed by atoms with Gasteiger partial charge in [0.15, 0.2) is 0 Å². The summed E-state index contributed by atoms with van der Waals surface area (Å²) in [5, 5.41) is 3.53. The quantitative estimate of drug-likeness (QED) is 0.448. The molecule has 0 N–H and O–H groups in total. The summed E-state index contributed by atoms with van der Waals surface area (Å²) >= 11 is 2.10. The Kier molecular flexibility index (Phi) is 5.24. The van der Waals surface area contributed by atoms with E-state index in [1.165, 1.54) is 38.6 Å². The van der Waals surface area contributed by atoms with Crippen molar-refractivity contribution in [2.45, 2.75) is 44.3 Å². The predicted molar refractivity (Wildman–Crippen MR) is 152 cm³/mol. The molecule has 0 amide bonds. The Morgan fingerprint density at radius 2 is 1.83 bits per heavy atom. The summed E-state index contributed by atoms with van der Waals surface area (Å²) in [5.41, 5.74) is 8.68. The predicted octanol–water partition coefficient (Wildman–Crippen LogP) is 6.66. The lowest BCUT2D eigenvalue weighted by atomic mass is 9.89. The maximum Gasteiger partial charge on any atom is 0.0636 e. The van der Waals surface area contributed by atoms with Gasteiger partial charge in [0.2, 0.25) is 0 Å². The van der Waals surface area contributed by atoms with Gasteiger partial charge >= 0.3 is 0 Å². The van der Waals surface area contributed by atoms with E-state index in [0.717, 1.165) is 32.1 Å². The summed E-state index contributed by atoms with van der Waals surface area (Å²) in [6, 6.07) is 6.92. The third-order valence-corrected chi connectivity index (χ3v) is 9.49. The minimum absolute atomic E-state index is 0.554. The van der Waals surface area contributed by atoms with E-state index in [9.17, 15) is 0 Å². The van der Waals surface area contributed by atoms with Crippen molar-refractivity contribution in [2.24, 2.45) is 11.8 Å². The number of hydrogen-bond acceptors (Lipinski definition) is 1. The molecule has 2 heterocycles. The molecule has 0 spiro atoms. The van der Waals surface area contributed by atoms with Crippen molar-refractivity contribution in [3.8, 4) is 5.69 Å². The number of benzene rings is 1. The third-order valence-electron chi connectivity index (χ3n) is 8.07. The average molecular weight is 474 g/mol. The van der Waals surface area contributed by atoms with Crippen molar-refractivity contribution in [2.75, 3.05) is 0 Å². The number of nitrogens with zero attached hydrogens (tertiary/aromatic N) is 1. The fourth-order valence-corrected chi connectivity index (χ4v) is 7.86. The van der Waals surface area contributed by atoms with Crippen LogP contribution in [0.3, 0.4) is 0 Å². The molecule has 1 fully saturated rings. The molecule has 5 aliphatic rings. The number of allylic oxidation sites excluding steroid dienone is 9. The first-order valence-corrected chi connectivity index (χ1v) is 14.0. The molecule has 0 bridgehead atoms. The van der Waals surface area contributed by atoms with E-state index in [1.807, 2.05) is 0 Å². The van der Waals surface area contributed by atoms with E-state index in [2.05, 4.69) is 114 Å². The van der Waals surface area contributed by atoms with Gasteiger partial charge in [0, 0.05) is 21.1 Å². The summed E-state index contributed by atoms with van der Waals surface area (Å²) in [6.07, 6.45) is 33.4. The molecule has 2 aromatic rings. The molecular weight excluding hydrogens is 442 g/mol. The number of hydrogen-bond donors (Lipinski definition) is 0. The Morgan fingerprint density at radius 1 is 0.886 bits per heavy atom. The van der Waals surface area contributed by atoms with Gasteiger partial charge in [0.1, 0.15) is 0 Å². The minimum Gasteiger partial charge on any atom is -0.308 e. The molecule has 2 heteroatoms. The van der Waals surface area contributed by atoms with Gasteiger partial charge in [-0.15, -0.1) is 11.8 Å². The second-order valence-corrected chi connectivity index (χ2v) is 11.7. The molecule has 1 saturated heterocycles. The fraction of sp³-hybridized carbons (Fsp3) is 0.273. The summed E-state index contributed by atoms with van der Waals surface area (Å²) in [7, 11) is 0. The highest BCUT2D eigenvalue weighted by Crippen LogP contribution is 2.45. The smallest absolute Gasteiger partial charge is 0.0636 e. The third kappa shape index (κ3) is 3.53. The minimum atomic E-state index is 0.554. The van der Waals surface area contributed by atoms with Crippen LogP contribution >= 0.6 is 11.8 Å². The van der Waals surface area contributed by atoms with E-state index < -0.39 is 0 Å². The summed E-state index contributed by atoms with van der Waals surface area (Å²) in [5.74, 6) is 1.17. The SMILES string of the molecule is CC1C=Cc2cccc(-n3c4c(c(=C5\C=CC=CC5)/c3=C3\CC5C=CC=CC5S3)CCC=C4)c2C1. The van der Waals surface area contributed by atoms with Crippen molar-refractivity contribution in [3.63, 3.8) is 0 Å². The van der Waals surface area contributed by atoms with E-state index in [-0.39, 0.29) is 0 Å². The largest absolute Gasteiger partial charge is 0.308 e. The first-order chi connectivity index (χ1) is 17.3. The Morgan fingerprint density at radius 3 is 2.71 bits per heavy atom. The average Bonchev–Trinajstić information content (AvgIpc) is 3.48. The van der Waals surface area contributed by atoms with Gasteiger partial charge in [-0.05, 0) is 78.3 Å². The zero-order chi connectivity index (χ0) is 23.4. The molecule has 1 aliphatic heterocycles. The van der Waals surface area contributed by atoms with Crippen LogP contribution in [0.2, 0.25) is 0 Å².